The number of esters is 1. The Morgan fingerprint density at radius 2 is 2.35 bits per heavy atom. The highest BCUT2D eigenvalue weighted by Crippen LogP contribution is 2.25. The Labute approximate surface area is 98.0 Å². The van der Waals surface area contributed by atoms with Gasteiger partial charge in [0.15, 0.2) is 0 Å². The Morgan fingerprint density at radius 1 is 1.59 bits per heavy atom. The maximum absolute atomic E-state index is 11.5. The summed E-state index contributed by atoms with van der Waals surface area (Å²) in [7, 11) is 0. The Kier molecular flexibility index (Phi) is 3.12. The average Bonchev–Trinajstić information content (AvgIpc) is 2.69. The van der Waals surface area contributed by atoms with Crippen molar-refractivity contribution in [1.82, 2.24) is 9.97 Å². The number of hydrogen-bond acceptors (Lipinski definition) is 4. The molecule has 1 aliphatic carbocycles. The molecule has 0 fully saturated rings. The Hall–Kier alpha value is -1.85. The third-order valence-electron chi connectivity index (χ3n) is 2.95. The number of aromatic amines is 1. The number of hydrogen-bond donors (Lipinski definition) is 2. The summed E-state index contributed by atoms with van der Waals surface area (Å²) in [6, 6.07) is 0. The second-order valence-electron chi connectivity index (χ2n) is 4.09. The minimum absolute atomic E-state index is 0.385. The number of rotatable bonds is 2. The molecule has 17 heavy (non-hydrogen) atoms. The summed E-state index contributed by atoms with van der Waals surface area (Å²) in [5.41, 5.74) is 1.92. The van der Waals surface area contributed by atoms with Gasteiger partial charge in [-0.25, -0.2) is 9.78 Å². The summed E-state index contributed by atoms with van der Waals surface area (Å²) in [6.07, 6.45) is 1.03. The van der Waals surface area contributed by atoms with Crippen molar-refractivity contribution in [3.8, 4) is 0 Å². The molecule has 2 rings (SSSR count). The minimum atomic E-state index is -1.54. The van der Waals surface area contributed by atoms with Crippen LogP contribution in [-0.4, -0.2) is 27.2 Å². The first-order chi connectivity index (χ1) is 8.10. The number of carbonyl (C=O) groups excluding carboxylic acids is 1. The van der Waals surface area contributed by atoms with Crippen LogP contribution in [0.5, 0.6) is 0 Å². The molecular formula is C11H14N2O4. The molecule has 1 heterocycles. The standard InChI is InChI=1S/C11H14N2O4/c1-2-9-12-7-4-3-6(5-8(7)13-9)10(14)17-11(15)16/h6H,2-5H2,1H3,(H,12,13)(H,15,16). The highest BCUT2D eigenvalue weighted by Gasteiger charge is 2.29. The summed E-state index contributed by atoms with van der Waals surface area (Å²) < 4.78 is 4.18. The van der Waals surface area contributed by atoms with Crippen molar-refractivity contribution in [1.29, 1.82) is 0 Å². The lowest BCUT2D eigenvalue weighted by Gasteiger charge is -2.18. The lowest BCUT2D eigenvalue weighted by Crippen LogP contribution is -2.26. The zero-order valence-electron chi connectivity index (χ0n) is 9.52. The molecule has 0 spiro atoms. The van der Waals surface area contributed by atoms with E-state index in [1.54, 1.807) is 0 Å². The quantitative estimate of drug-likeness (QED) is 0.598. The molecule has 0 amide bonds. The topological polar surface area (TPSA) is 92.3 Å². The van der Waals surface area contributed by atoms with Gasteiger partial charge in [-0.15, -0.1) is 0 Å². The fraction of sp³-hybridized carbons (Fsp3) is 0.545. The van der Waals surface area contributed by atoms with Crippen molar-refractivity contribution in [2.24, 2.45) is 5.92 Å². The molecule has 0 radical (unpaired) electrons. The third-order valence-corrected chi connectivity index (χ3v) is 2.95. The average molecular weight is 238 g/mol. The molecule has 1 unspecified atom stereocenters. The van der Waals surface area contributed by atoms with Crippen molar-refractivity contribution >= 4 is 12.1 Å². The number of carbonyl (C=O) groups is 2. The smallest absolute Gasteiger partial charge is 0.449 e. The van der Waals surface area contributed by atoms with Crippen LogP contribution in [0.1, 0.15) is 30.6 Å². The van der Waals surface area contributed by atoms with Crippen LogP contribution in [0.15, 0.2) is 0 Å². The lowest BCUT2D eigenvalue weighted by atomic mass is 9.90. The van der Waals surface area contributed by atoms with Gasteiger partial charge in [0.1, 0.15) is 5.82 Å². The van der Waals surface area contributed by atoms with Gasteiger partial charge in [0.2, 0.25) is 0 Å². The summed E-state index contributed by atoms with van der Waals surface area (Å²) in [5.74, 6) is -0.151. The third kappa shape index (κ3) is 2.46. The van der Waals surface area contributed by atoms with Gasteiger partial charge in [0, 0.05) is 18.5 Å². The van der Waals surface area contributed by atoms with E-state index in [1.807, 2.05) is 6.92 Å². The van der Waals surface area contributed by atoms with Crippen LogP contribution in [0.4, 0.5) is 4.79 Å². The van der Waals surface area contributed by atoms with Gasteiger partial charge >= 0.3 is 12.1 Å². The van der Waals surface area contributed by atoms with E-state index in [-0.39, 0.29) is 5.92 Å². The number of ether oxygens (including phenoxy) is 1. The molecule has 0 bridgehead atoms. The predicted octanol–water partition coefficient (Wildman–Crippen LogP) is 1.30. The van der Waals surface area contributed by atoms with E-state index in [0.717, 1.165) is 23.6 Å². The highest BCUT2D eigenvalue weighted by atomic mass is 16.7. The lowest BCUT2D eigenvalue weighted by molar-refractivity contribution is -0.144. The first-order valence-corrected chi connectivity index (χ1v) is 5.61. The summed E-state index contributed by atoms with van der Waals surface area (Å²) in [5, 5.41) is 8.39. The Morgan fingerprint density at radius 3 is 3.00 bits per heavy atom. The maximum Gasteiger partial charge on any atom is 0.513 e. The van der Waals surface area contributed by atoms with Crippen LogP contribution >= 0.6 is 0 Å². The van der Waals surface area contributed by atoms with E-state index in [4.69, 9.17) is 5.11 Å². The second kappa shape index (κ2) is 4.57. The van der Waals surface area contributed by atoms with Crippen LogP contribution in [0.2, 0.25) is 0 Å². The molecule has 0 aromatic carbocycles. The number of nitrogens with zero attached hydrogens (tertiary/aromatic N) is 1. The molecule has 1 aromatic rings. The van der Waals surface area contributed by atoms with Crippen molar-refractivity contribution < 1.29 is 19.4 Å². The van der Waals surface area contributed by atoms with Gasteiger partial charge in [-0.3, -0.25) is 4.79 Å². The maximum atomic E-state index is 11.5. The van der Waals surface area contributed by atoms with Gasteiger partial charge in [-0.1, -0.05) is 6.92 Å². The van der Waals surface area contributed by atoms with Crippen molar-refractivity contribution in [2.75, 3.05) is 0 Å². The second-order valence-corrected chi connectivity index (χ2v) is 4.09. The fourth-order valence-electron chi connectivity index (χ4n) is 2.08. The molecule has 0 saturated heterocycles. The molecule has 92 valence electrons. The summed E-state index contributed by atoms with van der Waals surface area (Å²) in [4.78, 5) is 29.3. The molecule has 0 saturated carbocycles. The molecule has 1 aliphatic rings. The number of aromatic nitrogens is 2. The molecule has 6 nitrogen and oxygen atoms in total. The summed E-state index contributed by atoms with van der Waals surface area (Å²) in [6.45, 7) is 2.00. The number of imidazole rings is 1. The van der Waals surface area contributed by atoms with Crippen molar-refractivity contribution in [3.63, 3.8) is 0 Å². The largest absolute Gasteiger partial charge is 0.513 e. The van der Waals surface area contributed by atoms with Gasteiger partial charge < -0.3 is 14.8 Å². The molecular weight excluding hydrogens is 224 g/mol. The number of carboxylic acid groups (broad SMARTS) is 1. The van der Waals surface area contributed by atoms with Gasteiger partial charge in [-0.05, 0) is 12.8 Å². The van der Waals surface area contributed by atoms with Crippen molar-refractivity contribution in [3.05, 3.63) is 17.2 Å². The molecule has 2 N–H and O–H groups in total. The van der Waals surface area contributed by atoms with Crippen LogP contribution in [-0.2, 0) is 28.8 Å². The van der Waals surface area contributed by atoms with E-state index in [2.05, 4.69) is 14.7 Å². The number of fused-ring (bicyclic) bond motifs is 1. The van der Waals surface area contributed by atoms with Gasteiger partial charge in [0.05, 0.1) is 11.6 Å². The van der Waals surface area contributed by atoms with E-state index in [9.17, 15) is 9.59 Å². The first kappa shape index (κ1) is 11.6. The Balaban J connectivity index is 2.07. The molecule has 1 aromatic heterocycles. The zero-order valence-corrected chi connectivity index (χ0v) is 9.52. The number of H-pyrrole nitrogens is 1. The normalized spacial score (nSPS) is 18.5. The van der Waals surface area contributed by atoms with Gasteiger partial charge in [0.25, 0.3) is 0 Å². The monoisotopic (exact) mass is 238 g/mol. The van der Waals surface area contributed by atoms with Crippen molar-refractivity contribution in [2.45, 2.75) is 32.6 Å². The fourth-order valence-corrected chi connectivity index (χ4v) is 2.08. The van der Waals surface area contributed by atoms with Crippen LogP contribution in [0.3, 0.4) is 0 Å². The van der Waals surface area contributed by atoms with E-state index < -0.39 is 12.1 Å². The van der Waals surface area contributed by atoms with E-state index >= 15 is 0 Å². The summed E-state index contributed by atoms with van der Waals surface area (Å²) >= 11 is 0. The van der Waals surface area contributed by atoms with E-state index in [0.29, 0.717) is 19.3 Å². The van der Waals surface area contributed by atoms with Crippen LogP contribution in [0, 0.1) is 5.92 Å². The molecule has 6 heteroatoms. The number of nitrogens with one attached hydrogen (secondary N) is 1. The minimum Gasteiger partial charge on any atom is -0.449 e. The zero-order chi connectivity index (χ0) is 12.4. The van der Waals surface area contributed by atoms with Gasteiger partial charge in [-0.2, -0.15) is 0 Å². The van der Waals surface area contributed by atoms with Crippen LogP contribution < -0.4 is 0 Å². The SMILES string of the molecule is CCc1nc2c([nH]1)CC(C(=O)OC(=O)O)CC2. The molecule has 0 aliphatic heterocycles. The predicted molar refractivity (Wildman–Crippen MR) is 57.6 cm³/mol. The van der Waals surface area contributed by atoms with Crippen LogP contribution in [0.25, 0.3) is 0 Å². The number of aryl methyl sites for hydroxylation is 2. The Bertz CT molecular complexity index is 452. The van der Waals surface area contributed by atoms with E-state index in [1.165, 1.54) is 0 Å². The highest BCUT2D eigenvalue weighted by molar-refractivity contribution is 5.83. The molecule has 1 atom stereocenters. The first-order valence-electron chi connectivity index (χ1n) is 5.61.